The molecule has 0 bridgehead atoms. The van der Waals surface area contributed by atoms with Crippen molar-refractivity contribution in [3.63, 3.8) is 0 Å². The minimum absolute atomic E-state index is 0.0796. The smallest absolute Gasteiger partial charge is 0.331 e. The number of para-hydroxylation sites is 1. The molecule has 0 saturated carbocycles. The molecule has 1 N–H and O–H groups in total. The van der Waals surface area contributed by atoms with Crippen molar-refractivity contribution in [2.75, 3.05) is 6.61 Å². The number of hydrogen-bond acceptors (Lipinski definition) is 5. The maximum absolute atomic E-state index is 12.1. The third kappa shape index (κ3) is 1.87. The molecular formula is C14H14N2O3. The molecular weight excluding hydrogens is 244 g/mol. The number of carbonyl (C=O) groups is 2. The van der Waals surface area contributed by atoms with Crippen LogP contribution in [0, 0.1) is 10.8 Å². The Morgan fingerprint density at radius 2 is 2.05 bits per heavy atom. The Morgan fingerprint density at radius 1 is 1.37 bits per heavy atom. The lowest BCUT2D eigenvalue weighted by atomic mass is 9.75. The van der Waals surface area contributed by atoms with Crippen LogP contribution < -0.4 is 0 Å². The van der Waals surface area contributed by atoms with E-state index in [0.717, 1.165) is 0 Å². The average molecular weight is 258 g/mol. The highest BCUT2D eigenvalue weighted by Gasteiger charge is 2.50. The molecule has 1 atom stereocenters. The number of ether oxygens (including phenoxy) is 1. The van der Waals surface area contributed by atoms with Crippen molar-refractivity contribution in [2.24, 2.45) is 10.4 Å². The molecule has 0 radical (unpaired) electrons. The molecule has 0 saturated heterocycles. The van der Waals surface area contributed by atoms with E-state index in [2.05, 4.69) is 4.99 Å². The summed E-state index contributed by atoms with van der Waals surface area (Å²) >= 11 is 0. The summed E-state index contributed by atoms with van der Waals surface area (Å²) in [5, 5.41) is 8.20. The van der Waals surface area contributed by atoms with E-state index in [1.807, 2.05) is 0 Å². The van der Waals surface area contributed by atoms with Crippen molar-refractivity contribution in [1.82, 2.24) is 0 Å². The molecule has 1 aromatic rings. The molecule has 1 aliphatic heterocycles. The van der Waals surface area contributed by atoms with E-state index in [4.69, 9.17) is 10.1 Å². The summed E-state index contributed by atoms with van der Waals surface area (Å²) in [6.07, 6.45) is 1.22. The fourth-order valence-electron chi connectivity index (χ4n) is 2.05. The Balaban J connectivity index is 2.58. The van der Waals surface area contributed by atoms with Crippen LogP contribution in [-0.4, -0.2) is 30.3 Å². The maximum atomic E-state index is 12.1. The monoisotopic (exact) mass is 258 g/mol. The first-order valence-corrected chi connectivity index (χ1v) is 5.96. The van der Waals surface area contributed by atoms with Gasteiger partial charge in [-0.15, -0.1) is 0 Å². The van der Waals surface area contributed by atoms with Crippen LogP contribution in [0.2, 0.25) is 0 Å². The fraction of sp³-hybridized carbons (Fsp3) is 0.286. The molecule has 19 heavy (non-hydrogen) atoms. The summed E-state index contributed by atoms with van der Waals surface area (Å²) in [6.45, 7) is 3.07. The van der Waals surface area contributed by atoms with Gasteiger partial charge in [-0.25, -0.2) is 0 Å². The van der Waals surface area contributed by atoms with Crippen LogP contribution in [0.1, 0.15) is 19.4 Å². The van der Waals surface area contributed by atoms with Gasteiger partial charge in [-0.3, -0.25) is 14.6 Å². The van der Waals surface area contributed by atoms with E-state index < -0.39 is 17.2 Å². The largest absolute Gasteiger partial charge is 0.465 e. The molecule has 5 heteroatoms. The molecule has 0 aliphatic carbocycles. The summed E-state index contributed by atoms with van der Waals surface area (Å²) in [7, 11) is 0. The average Bonchev–Trinajstić information content (AvgIpc) is 2.39. The van der Waals surface area contributed by atoms with Crippen LogP contribution in [0.25, 0.3) is 0 Å². The predicted octanol–water partition coefficient (Wildman–Crippen LogP) is 1.91. The van der Waals surface area contributed by atoms with Gasteiger partial charge in [0.2, 0.25) is 5.41 Å². The maximum Gasteiger partial charge on any atom is 0.331 e. The third-order valence-corrected chi connectivity index (χ3v) is 3.12. The first kappa shape index (κ1) is 13.1. The summed E-state index contributed by atoms with van der Waals surface area (Å²) < 4.78 is 4.94. The molecule has 0 aromatic heterocycles. The van der Waals surface area contributed by atoms with E-state index in [0.29, 0.717) is 11.3 Å². The van der Waals surface area contributed by atoms with Gasteiger partial charge >= 0.3 is 5.97 Å². The van der Waals surface area contributed by atoms with Crippen molar-refractivity contribution >= 4 is 29.4 Å². The van der Waals surface area contributed by atoms with Gasteiger partial charge in [-0.05, 0) is 19.9 Å². The summed E-state index contributed by atoms with van der Waals surface area (Å²) in [4.78, 5) is 28.2. The van der Waals surface area contributed by atoms with Crippen molar-refractivity contribution in [1.29, 1.82) is 5.41 Å². The Kier molecular flexibility index (Phi) is 3.29. The van der Waals surface area contributed by atoms with E-state index in [1.165, 1.54) is 13.1 Å². The number of hydrogen-bond donors (Lipinski definition) is 1. The fourth-order valence-corrected chi connectivity index (χ4v) is 2.05. The molecule has 1 aromatic carbocycles. The van der Waals surface area contributed by atoms with Gasteiger partial charge in [0, 0.05) is 11.8 Å². The van der Waals surface area contributed by atoms with Crippen LogP contribution in [0.4, 0.5) is 5.69 Å². The number of ketones is 1. The first-order chi connectivity index (χ1) is 9.04. The highest BCUT2D eigenvalue weighted by atomic mass is 16.5. The number of aliphatic imine (C=N–C) groups is 1. The van der Waals surface area contributed by atoms with Gasteiger partial charge in [0.1, 0.15) is 0 Å². The van der Waals surface area contributed by atoms with E-state index >= 15 is 0 Å². The summed E-state index contributed by atoms with van der Waals surface area (Å²) in [6, 6.07) is 6.93. The van der Waals surface area contributed by atoms with Crippen molar-refractivity contribution < 1.29 is 14.3 Å². The van der Waals surface area contributed by atoms with Crippen molar-refractivity contribution in [2.45, 2.75) is 13.8 Å². The Labute approximate surface area is 110 Å². The minimum Gasteiger partial charge on any atom is -0.465 e. The molecule has 0 amide bonds. The first-order valence-electron chi connectivity index (χ1n) is 5.96. The van der Waals surface area contributed by atoms with Crippen LogP contribution in [0.3, 0.4) is 0 Å². The van der Waals surface area contributed by atoms with Gasteiger partial charge in [-0.1, -0.05) is 18.2 Å². The SMILES string of the molecule is CCOC(=O)C1(C(C)=O)C=Nc2ccccc2C1=N. The van der Waals surface area contributed by atoms with Crippen LogP contribution in [0.15, 0.2) is 29.3 Å². The second kappa shape index (κ2) is 4.76. The molecule has 5 nitrogen and oxygen atoms in total. The van der Waals surface area contributed by atoms with Crippen LogP contribution in [0.5, 0.6) is 0 Å². The number of esters is 1. The Hall–Kier alpha value is -2.30. The van der Waals surface area contributed by atoms with E-state index in [-0.39, 0.29) is 12.3 Å². The van der Waals surface area contributed by atoms with Gasteiger partial charge in [0.05, 0.1) is 18.0 Å². The second-order valence-electron chi connectivity index (χ2n) is 4.24. The number of nitrogens with zero attached hydrogens (tertiary/aromatic N) is 1. The zero-order valence-corrected chi connectivity index (χ0v) is 10.8. The Bertz CT molecular complexity index is 592. The quantitative estimate of drug-likeness (QED) is 0.664. The second-order valence-corrected chi connectivity index (χ2v) is 4.24. The van der Waals surface area contributed by atoms with Gasteiger partial charge in [0.15, 0.2) is 5.78 Å². The molecule has 0 fully saturated rings. The normalized spacial score (nSPS) is 20.8. The molecule has 1 unspecified atom stereocenters. The molecule has 1 aliphatic rings. The van der Waals surface area contributed by atoms with Crippen LogP contribution in [-0.2, 0) is 14.3 Å². The number of nitrogens with one attached hydrogen (secondary N) is 1. The molecule has 1 heterocycles. The minimum atomic E-state index is -1.72. The topological polar surface area (TPSA) is 79.6 Å². The summed E-state index contributed by atoms with van der Waals surface area (Å²) in [5.41, 5.74) is -0.740. The zero-order chi connectivity index (χ0) is 14.0. The standard InChI is InChI=1S/C14H14N2O3/c1-3-19-13(18)14(9(2)17)8-16-11-7-5-4-6-10(11)12(14)15/h4-8,15H,3H2,1-2H3. The molecule has 98 valence electrons. The number of carbonyl (C=O) groups excluding carboxylic acids is 2. The third-order valence-electron chi connectivity index (χ3n) is 3.12. The van der Waals surface area contributed by atoms with E-state index in [1.54, 1.807) is 31.2 Å². The summed E-state index contributed by atoms with van der Waals surface area (Å²) in [5.74, 6) is -1.21. The van der Waals surface area contributed by atoms with Gasteiger partial charge in [0.25, 0.3) is 0 Å². The predicted molar refractivity (Wildman–Crippen MR) is 71.2 cm³/mol. The Morgan fingerprint density at radius 3 is 2.68 bits per heavy atom. The van der Waals surface area contributed by atoms with Gasteiger partial charge in [-0.2, -0.15) is 0 Å². The lowest BCUT2D eigenvalue weighted by Gasteiger charge is -2.29. The number of rotatable bonds is 3. The highest BCUT2D eigenvalue weighted by molar-refractivity contribution is 6.39. The zero-order valence-electron chi connectivity index (χ0n) is 10.8. The number of fused-ring (bicyclic) bond motifs is 1. The van der Waals surface area contributed by atoms with E-state index in [9.17, 15) is 9.59 Å². The van der Waals surface area contributed by atoms with Crippen molar-refractivity contribution in [3.8, 4) is 0 Å². The number of Topliss-reactive ketones (excluding diaryl/α,β-unsaturated/α-hetero) is 1. The molecule has 2 rings (SSSR count). The molecule has 0 spiro atoms. The lowest BCUT2D eigenvalue weighted by molar-refractivity contribution is -0.150. The number of benzene rings is 1. The lowest BCUT2D eigenvalue weighted by Crippen LogP contribution is -2.49. The van der Waals surface area contributed by atoms with Crippen molar-refractivity contribution in [3.05, 3.63) is 29.8 Å². The highest BCUT2D eigenvalue weighted by Crippen LogP contribution is 2.34. The van der Waals surface area contributed by atoms with Gasteiger partial charge < -0.3 is 10.1 Å². The van der Waals surface area contributed by atoms with Crippen LogP contribution >= 0.6 is 0 Å².